The summed E-state index contributed by atoms with van der Waals surface area (Å²) in [4.78, 5) is 19.1. The molecule has 2 aliphatic rings. The summed E-state index contributed by atoms with van der Waals surface area (Å²) in [5, 5.41) is 28.4. The Balaban J connectivity index is 1.12. The van der Waals surface area contributed by atoms with Crippen LogP contribution in [0.4, 0.5) is 16.2 Å². The molecule has 2 aliphatic heterocycles. The van der Waals surface area contributed by atoms with Gasteiger partial charge in [-0.25, -0.2) is 4.79 Å². The number of hydrogen-bond acceptors (Lipinski definition) is 6. The molecule has 1 atom stereocenters. The monoisotopic (exact) mass is 533 g/mol. The molecule has 198 valence electrons. The normalized spacial score (nSPS) is 16.6. The Hall–Kier alpha value is -3.58. The number of nitrogens with one attached hydrogen (secondary N) is 1. The number of aliphatic hydroxyl groups is 1. The van der Waals surface area contributed by atoms with Crippen molar-refractivity contribution in [2.24, 2.45) is 0 Å². The highest BCUT2D eigenvalue weighted by Crippen LogP contribution is 2.23. The lowest BCUT2D eigenvalue weighted by Gasteiger charge is -2.37. The lowest BCUT2D eigenvalue weighted by molar-refractivity contribution is 0.0909. The largest absolute Gasteiger partial charge is 0.390 e. The van der Waals surface area contributed by atoms with Crippen molar-refractivity contribution in [1.82, 2.24) is 19.6 Å². The van der Waals surface area contributed by atoms with E-state index >= 15 is 0 Å². The number of benzene rings is 2. The Morgan fingerprint density at radius 1 is 1.16 bits per heavy atom. The van der Waals surface area contributed by atoms with Crippen LogP contribution in [0.1, 0.15) is 22.4 Å². The van der Waals surface area contributed by atoms with Crippen LogP contribution in [0.2, 0.25) is 5.02 Å². The summed E-state index contributed by atoms with van der Waals surface area (Å²) in [5.41, 5.74) is 5.39. The molecule has 1 saturated heterocycles. The number of fused-ring (bicyclic) bond motifs is 1. The van der Waals surface area contributed by atoms with E-state index in [2.05, 4.69) is 26.3 Å². The van der Waals surface area contributed by atoms with E-state index in [9.17, 15) is 15.2 Å². The number of amides is 2. The molecule has 2 N–H and O–H groups in total. The first-order valence-electron chi connectivity index (χ1n) is 12.9. The van der Waals surface area contributed by atoms with Gasteiger partial charge in [0.1, 0.15) is 6.07 Å². The first kappa shape index (κ1) is 26.0. The summed E-state index contributed by atoms with van der Waals surface area (Å²) in [6.07, 6.45) is 1.94. The molecular weight excluding hydrogens is 502 g/mol. The number of carbonyl (C=O) groups is 1. The van der Waals surface area contributed by atoms with Gasteiger partial charge in [0, 0.05) is 67.7 Å². The fraction of sp³-hybridized carbons (Fsp3) is 0.393. The zero-order chi connectivity index (χ0) is 26.6. The molecule has 38 heavy (non-hydrogen) atoms. The van der Waals surface area contributed by atoms with Gasteiger partial charge < -0.3 is 20.2 Å². The molecule has 2 aromatic carbocycles. The number of anilines is 2. The van der Waals surface area contributed by atoms with Crippen LogP contribution in [0.3, 0.4) is 0 Å². The Labute approximate surface area is 227 Å². The Morgan fingerprint density at radius 2 is 1.95 bits per heavy atom. The maximum absolute atomic E-state index is 12.8. The molecule has 0 spiro atoms. The molecular formula is C28H32ClN7O2. The van der Waals surface area contributed by atoms with Crippen LogP contribution in [0.25, 0.3) is 0 Å². The third-order valence-corrected chi connectivity index (χ3v) is 7.73. The van der Waals surface area contributed by atoms with E-state index in [1.54, 1.807) is 23.2 Å². The lowest BCUT2D eigenvalue weighted by Crippen LogP contribution is -2.49. The fourth-order valence-electron chi connectivity index (χ4n) is 5.22. The first-order chi connectivity index (χ1) is 18.4. The molecule has 1 fully saturated rings. The average molecular weight is 534 g/mol. The lowest BCUT2D eigenvalue weighted by atomic mass is 10.1. The second-order valence-corrected chi connectivity index (χ2v) is 10.3. The number of aliphatic hydroxyl groups excluding tert-OH is 1. The van der Waals surface area contributed by atoms with Gasteiger partial charge in [-0.05, 0) is 42.8 Å². The van der Waals surface area contributed by atoms with Gasteiger partial charge in [0.15, 0.2) is 0 Å². The molecule has 0 saturated carbocycles. The Morgan fingerprint density at radius 3 is 2.71 bits per heavy atom. The predicted molar refractivity (Wildman–Crippen MR) is 147 cm³/mol. The molecule has 5 rings (SSSR count). The van der Waals surface area contributed by atoms with Crippen molar-refractivity contribution in [3.05, 3.63) is 76.1 Å². The molecule has 1 aromatic heterocycles. The van der Waals surface area contributed by atoms with Crippen molar-refractivity contribution in [3.63, 3.8) is 0 Å². The van der Waals surface area contributed by atoms with Gasteiger partial charge in [-0.1, -0.05) is 23.7 Å². The summed E-state index contributed by atoms with van der Waals surface area (Å²) in [5.74, 6) is 0. The standard InChI is InChI=1S/C28H32ClN7O2/c1-20-14-23(6-7-25(20)29)32-28(38)35-9-8-27-22(17-35)16-31-36(27)19-24(37)18-33-10-12-34(13-11-33)26-5-3-2-4-21(26)15-30/h2-7,14,16,24,37H,8-13,17-19H2,1H3,(H,32,38). The number of piperazine rings is 1. The molecule has 0 aliphatic carbocycles. The smallest absolute Gasteiger partial charge is 0.322 e. The van der Waals surface area contributed by atoms with E-state index in [1.807, 2.05) is 41.9 Å². The number of halogens is 1. The van der Waals surface area contributed by atoms with Crippen LogP contribution in [-0.4, -0.2) is 76.1 Å². The minimum atomic E-state index is -0.550. The van der Waals surface area contributed by atoms with Gasteiger partial charge in [0.05, 0.1) is 36.6 Å². The van der Waals surface area contributed by atoms with Crippen molar-refractivity contribution < 1.29 is 9.90 Å². The predicted octanol–water partition coefficient (Wildman–Crippen LogP) is 3.49. The SMILES string of the molecule is Cc1cc(NC(=O)N2CCc3c(cnn3CC(O)CN3CCN(c4ccccc4C#N)CC3)C2)ccc1Cl. The summed E-state index contributed by atoms with van der Waals surface area (Å²) < 4.78 is 1.89. The van der Waals surface area contributed by atoms with Crippen molar-refractivity contribution in [2.75, 3.05) is 49.5 Å². The minimum absolute atomic E-state index is 0.151. The van der Waals surface area contributed by atoms with E-state index in [1.165, 1.54) is 0 Å². The topological polar surface area (TPSA) is 101 Å². The maximum atomic E-state index is 12.8. The number of rotatable bonds is 6. The van der Waals surface area contributed by atoms with Crippen LogP contribution in [0, 0.1) is 18.3 Å². The van der Waals surface area contributed by atoms with Gasteiger partial charge in [-0.3, -0.25) is 9.58 Å². The number of β-amino-alcohol motifs (C(OH)–C–C–N with tert-alkyl or cyclic N) is 1. The molecule has 2 amide bonds. The van der Waals surface area contributed by atoms with E-state index in [0.29, 0.717) is 43.2 Å². The highest BCUT2D eigenvalue weighted by molar-refractivity contribution is 6.31. The van der Waals surface area contributed by atoms with Gasteiger partial charge in [0.25, 0.3) is 0 Å². The van der Waals surface area contributed by atoms with E-state index in [-0.39, 0.29) is 6.03 Å². The number of urea groups is 1. The molecule has 3 heterocycles. The van der Waals surface area contributed by atoms with E-state index in [0.717, 1.165) is 54.4 Å². The van der Waals surface area contributed by atoms with Gasteiger partial charge >= 0.3 is 6.03 Å². The molecule has 1 unspecified atom stereocenters. The number of carbonyl (C=O) groups excluding carboxylic acids is 1. The zero-order valence-electron chi connectivity index (χ0n) is 21.5. The van der Waals surface area contributed by atoms with Crippen LogP contribution in [0.5, 0.6) is 0 Å². The molecule has 0 bridgehead atoms. The fourth-order valence-corrected chi connectivity index (χ4v) is 5.34. The number of nitriles is 1. The number of aromatic nitrogens is 2. The highest BCUT2D eigenvalue weighted by atomic mass is 35.5. The van der Waals surface area contributed by atoms with Crippen molar-refractivity contribution in [1.29, 1.82) is 5.26 Å². The van der Waals surface area contributed by atoms with Crippen LogP contribution in [0.15, 0.2) is 48.7 Å². The molecule has 3 aromatic rings. The summed E-state index contributed by atoms with van der Waals surface area (Å²) in [6, 6.07) is 15.3. The van der Waals surface area contributed by atoms with Crippen molar-refractivity contribution >= 4 is 29.0 Å². The zero-order valence-corrected chi connectivity index (χ0v) is 22.2. The van der Waals surface area contributed by atoms with Gasteiger partial charge in [0.2, 0.25) is 0 Å². The van der Waals surface area contributed by atoms with Crippen LogP contribution >= 0.6 is 11.6 Å². The molecule has 10 heteroatoms. The number of para-hydroxylation sites is 1. The quantitative estimate of drug-likeness (QED) is 0.503. The summed E-state index contributed by atoms with van der Waals surface area (Å²) in [7, 11) is 0. The third kappa shape index (κ3) is 5.78. The maximum Gasteiger partial charge on any atom is 0.322 e. The number of aryl methyl sites for hydroxylation is 1. The van der Waals surface area contributed by atoms with Crippen LogP contribution < -0.4 is 10.2 Å². The first-order valence-corrected chi connectivity index (χ1v) is 13.3. The van der Waals surface area contributed by atoms with Crippen LogP contribution in [-0.2, 0) is 19.5 Å². The third-order valence-electron chi connectivity index (χ3n) is 7.30. The molecule has 9 nitrogen and oxygen atoms in total. The average Bonchev–Trinajstić information content (AvgIpc) is 3.32. The highest BCUT2D eigenvalue weighted by Gasteiger charge is 2.26. The van der Waals surface area contributed by atoms with Gasteiger partial charge in [-0.2, -0.15) is 10.4 Å². The Kier molecular flexibility index (Phi) is 7.84. The van der Waals surface area contributed by atoms with Gasteiger partial charge in [-0.15, -0.1) is 0 Å². The number of hydrogen-bond donors (Lipinski definition) is 2. The second kappa shape index (κ2) is 11.4. The summed E-state index contributed by atoms with van der Waals surface area (Å²) >= 11 is 6.09. The van der Waals surface area contributed by atoms with E-state index < -0.39 is 6.10 Å². The Bertz CT molecular complexity index is 1340. The summed E-state index contributed by atoms with van der Waals surface area (Å²) in [6.45, 7) is 7.24. The number of nitrogens with zero attached hydrogens (tertiary/aromatic N) is 6. The van der Waals surface area contributed by atoms with Crippen molar-refractivity contribution in [2.45, 2.75) is 32.5 Å². The van der Waals surface area contributed by atoms with E-state index in [4.69, 9.17) is 11.6 Å². The minimum Gasteiger partial charge on any atom is -0.390 e. The second-order valence-electron chi connectivity index (χ2n) is 9.93. The van der Waals surface area contributed by atoms with Crippen molar-refractivity contribution in [3.8, 4) is 6.07 Å². The molecule has 0 radical (unpaired) electrons.